The van der Waals surface area contributed by atoms with E-state index in [2.05, 4.69) is 27.6 Å². The molecule has 3 N–H and O–H groups in total. The predicted octanol–water partition coefficient (Wildman–Crippen LogP) is 4.37. The summed E-state index contributed by atoms with van der Waals surface area (Å²) < 4.78 is 41.8. The van der Waals surface area contributed by atoms with Crippen LogP contribution in [0.15, 0.2) is 66.0 Å². The number of nitrogens with one attached hydrogen (secondary N) is 3. The molecule has 0 atom stereocenters. The fourth-order valence-corrected chi connectivity index (χ4v) is 5.25. The standard InChI is InChI=1S/C30H30F3N7O3/c1-3-23-26(21-7-5-6-8-22(21)36-24(41)4-2)28(43)40-29(37-27(38-40)18-13-15-34-16-14-18)39(23)17-25(42)35-20-11-9-19(10-12-20)30(31,32)33/h4-12,18,34H,2-3,13-17H2,1H3,(H,35,42)(H,36,41). The summed E-state index contributed by atoms with van der Waals surface area (Å²) in [6.45, 7) is 6.58. The number of rotatable bonds is 8. The second-order valence-corrected chi connectivity index (χ2v) is 10.1. The van der Waals surface area contributed by atoms with Crippen LogP contribution in [-0.4, -0.2) is 44.1 Å². The van der Waals surface area contributed by atoms with Crippen molar-refractivity contribution in [2.45, 2.75) is 44.8 Å². The van der Waals surface area contributed by atoms with Crippen LogP contribution in [-0.2, 0) is 28.7 Å². The molecule has 0 saturated carbocycles. The number of nitrogens with zero attached hydrogens (tertiary/aromatic N) is 4. The zero-order chi connectivity index (χ0) is 30.7. The highest BCUT2D eigenvalue weighted by atomic mass is 19.4. The van der Waals surface area contributed by atoms with Gasteiger partial charge in [-0.2, -0.15) is 22.7 Å². The smallest absolute Gasteiger partial charge is 0.325 e. The van der Waals surface area contributed by atoms with E-state index >= 15 is 0 Å². The van der Waals surface area contributed by atoms with Crippen molar-refractivity contribution in [2.75, 3.05) is 23.7 Å². The van der Waals surface area contributed by atoms with Crippen LogP contribution in [0.1, 0.15) is 42.8 Å². The molecule has 43 heavy (non-hydrogen) atoms. The van der Waals surface area contributed by atoms with E-state index in [4.69, 9.17) is 4.98 Å². The average Bonchev–Trinajstić information content (AvgIpc) is 3.45. The van der Waals surface area contributed by atoms with Crippen LogP contribution < -0.4 is 21.5 Å². The van der Waals surface area contributed by atoms with Gasteiger partial charge < -0.3 is 20.5 Å². The first-order valence-electron chi connectivity index (χ1n) is 13.8. The molecule has 0 radical (unpaired) electrons. The summed E-state index contributed by atoms with van der Waals surface area (Å²) in [4.78, 5) is 44.3. The Kier molecular flexibility index (Phi) is 8.44. The maximum absolute atomic E-state index is 14.1. The zero-order valence-electron chi connectivity index (χ0n) is 23.4. The largest absolute Gasteiger partial charge is 0.416 e. The molecule has 224 valence electrons. The summed E-state index contributed by atoms with van der Waals surface area (Å²) >= 11 is 0. The molecule has 1 fully saturated rings. The lowest BCUT2D eigenvalue weighted by molar-refractivity contribution is -0.137. The van der Waals surface area contributed by atoms with Gasteiger partial charge in [-0.1, -0.05) is 31.7 Å². The third-order valence-electron chi connectivity index (χ3n) is 7.35. The first kappa shape index (κ1) is 29.7. The molecule has 1 aliphatic heterocycles. The van der Waals surface area contributed by atoms with Gasteiger partial charge in [-0.05, 0) is 68.8 Å². The predicted molar refractivity (Wildman–Crippen MR) is 156 cm³/mol. The van der Waals surface area contributed by atoms with Crippen LogP contribution in [0.4, 0.5) is 24.5 Å². The van der Waals surface area contributed by atoms with E-state index in [-0.39, 0.29) is 29.5 Å². The number of anilines is 2. The van der Waals surface area contributed by atoms with Crippen LogP contribution in [0.3, 0.4) is 0 Å². The molecule has 2 aromatic carbocycles. The van der Waals surface area contributed by atoms with Crippen molar-refractivity contribution in [2.24, 2.45) is 0 Å². The number of benzene rings is 2. The van der Waals surface area contributed by atoms with E-state index in [1.807, 2.05) is 6.92 Å². The van der Waals surface area contributed by atoms with Crippen LogP contribution in [0.5, 0.6) is 0 Å². The van der Waals surface area contributed by atoms with E-state index in [1.165, 1.54) is 16.6 Å². The van der Waals surface area contributed by atoms with Crippen LogP contribution in [0, 0.1) is 0 Å². The molecule has 5 rings (SSSR count). The number of carbonyl (C=O) groups is 2. The summed E-state index contributed by atoms with van der Waals surface area (Å²) in [6, 6.07) is 10.9. The normalized spacial score (nSPS) is 14.0. The molecular formula is C30H30F3N7O3. The summed E-state index contributed by atoms with van der Waals surface area (Å²) in [5, 5.41) is 13.3. The Morgan fingerprint density at radius 3 is 2.44 bits per heavy atom. The van der Waals surface area contributed by atoms with E-state index in [0.717, 1.165) is 44.1 Å². The molecule has 1 saturated heterocycles. The maximum Gasteiger partial charge on any atom is 0.416 e. The summed E-state index contributed by atoms with van der Waals surface area (Å²) in [5.74, 6) is -0.317. The Hall–Kier alpha value is -4.78. The number of piperidine rings is 1. The molecule has 10 nitrogen and oxygen atoms in total. The lowest BCUT2D eigenvalue weighted by Gasteiger charge is -2.19. The summed E-state index contributed by atoms with van der Waals surface area (Å²) in [7, 11) is 0. The molecule has 1 aliphatic rings. The van der Waals surface area contributed by atoms with Crippen LogP contribution >= 0.6 is 0 Å². The Balaban J connectivity index is 1.63. The van der Waals surface area contributed by atoms with Crippen LogP contribution in [0.2, 0.25) is 0 Å². The molecule has 4 aromatic rings. The number of hydrogen-bond acceptors (Lipinski definition) is 6. The molecule has 2 aromatic heterocycles. The Bertz CT molecular complexity index is 1740. The number of amides is 2. The fourth-order valence-electron chi connectivity index (χ4n) is 5.25. The van der Waals surface area contributed by atoms with Gasteiger partial charge in [-0.25, -0.2) is 0 Å². The number of para-hydroxylation sites is 1. The molecule has 0 bridgehead atoms. The van der Waals surface area contributed by atoms with E-state index in [0.29, 0.717) is 29.2 Å². The molecule has 0 aliphatic carbocycles. The van der Waals surface area contributed by atoms with Crippen molar-refractivity contribution >= 4 is 29.0 Å². The van der Waals surface area contributed by atoms with E-state index < -0.39 is 29.1 Å². The minimum atomic E-state index is -4.50. The first-order valence-corrected chi connectivity index (χ1v) is 13.8. The fraction of sp³-hybridized carbons (Fsp3) is 0.300. The van der Waals surface area contributed by atoms with Crippen molar-refractivity contribution < 1.29 is 22.8 Å². The highest BCUT2D eigenvalue weighted by Gasteiger charge is 2.30. The summed E-state index contributed by atoms with van der Waals surface area (Å²) in [6.07, 6.45) is -1.51. The average molecular weight is 594 g/mol. The van der Waals surface area contributed by atoms with Gasteiger partial charge in [0.25, 0.3) is 5.56 Å². The van der Waals surface area contributed by atoms with Gasteiger partial charge in [-0.15, -0.1) is 5.10 Å². The molecule has 2 amide bonds. The number of aromatic nitrogens is 4. The highest BCUT2D eigenvalue weighted by Crippen LogP contribution is 2.31. The second kappa shape index (κ2) is 12.2. The van der Waals surface area contributed by atoms with Gasteiger partial charge in [-0.3, -0.25) is 14.4 Å². The lowest BCUT2D eigenvalue weighted by atomic mass is 9.98. The maximum atomic E-state index is 14.1. The van der Waals surface area contributed by atoms with Gasteiger partial charge in [0.1, 0.15) is 6.54 Å². The lowest BCUT2D eigenvalue weighted by Crippen LogP contribution is -2.29. The van der Waals surface area contributed by atoms with Crippen molar-refractivity contribution in [1.82, 2.24) is 24.5 Å². The van der Waals surface area contributed by atoms with Gasteiger partial charge in [0, 0.05) is 28.6 Å². The van der Waals surface area contributed by atoms with Crippen molar-refractivity contribution in [3.63, 3.8) is 0 Å². The van der Waals surface area contributed by atoms with Gasteiger partial charge >= 0.3 is 6.18 Å². The number of alkyl halides is 3. The van der Waals surface area contributed by atoms with E-state index in [1.54, 1.807) is 28.8 Å². The Morgan fingerprint density at radius 2 is 1.79 bits per heavy atom. The van der Waals surface area contributed by atoms with Crippen molar-refractivity contribution in [1.29, 1.82) is 0 Å². The minimum Gasteiger partial charge on any atom is -0.325 e. The topological polar surface area (TPSA) is 122 Å². The van der Waals surface area contributed by atoms with Gasteiger partial charge in [0.15, 0.2) is 5.82 Å². The number of fused-ring (bicyclic) bond motifs is 1. The second-order valence-electron chi connectivity index (χ2n) is 10.1. The number of hydrogen-bond donors (Lipinski definition) is 3. The van der Waals surface area contributed by atoms with Gasteiger partial charge in [0.05, 0.1) is 11.1 Å². The van der Waals surface area contributed by atoms with Gasteiger partial charge in [0.2, 0.25) is 17.6 Å². The summed E-state index contributed by atoms with van der Waals surface area (Å²) in [5.41, 5.74) is 0.405. The number of halogens is 3. The van der Waals surface area contributed by atoms with Crippen molar-refractivity contribution in [3.8, 4) is 11.1 Å². The zero-order valence-corrected chi connectivity index (χ0v) is 23.4. The van der Waals surface area contributed by atoms with Crippen LogP contribution in [0.25, 0.3) is 16.9 Å². The first-order chi connectivity index (χ1) is 20.6. The quantitative estimate of drug-likeness (QED) is 0.261. The molecular weight excluding hydrogens is 563 g/mol. The highest BCUT2D eigenvalue weighted by molar-refractivity contribution is 6.02. The Labute approximate surface area is 244 Å². The monoisotopic (exact) mass is 593 g/mol. The van der Waals surface area contributed by atoms with E-state index in [9.17, 15) is 27.6 Å². The third-order valence-corrected chi connectivity index (χ3v) is 7.35. The molecule has 0 unspecified atom stereocenters. The molecule has 0 spiro atoms. The molecule has 3 heterocycles. The Morgan fingerprint density at radius 1 is 1.09 bits per heavy atom. The minimum absolute atomic E-state index is 0.0164. The third kappa shape index (κ3) is 6.21. The van der Waals surface area contributed by atoms with Crippen molar-refractivity contribution in [3.05, 3.63) is 88.6 Å². The number of carbonyl (C=O) groups excluding carboxylic acids is 2. The SMILES string of the molecule is C=CC(=O)Nc1ccccc1-c1c(CC)n(CC(=O)Nc2ccc(C(F)(F)F)cc2)c2nc(C3CCNCC3)nn2c1=O. The molecule has 13 heteroatoms.